The van der Waals surface area contributed by atoms with Crippen LogP contribution in [0.3, 0.4) is 0 Å². The van der Waals surface area contributed by atoms with Crippen molar-refractivity contribution in [3.05, 3.63) is 41.3 Å². The minimum absolute atomic E-state index is 0.176. The van der Waals surface area contributed by atoms with Crippen LogP contribution in [0, 0.1) is 6.92 Å². The van der Waals surface area contributed by atoms with Gasteiger partial charge in [0, 0.05) is 25.2 Å². The number of carbonyl (C=O) groups excluding carboxylic acids is 1. The van der Waals surface area contributed by atoms with Gasteiger partial charge >= 0.3 is 0 Å². The smallest absolute Gasteiger partial charge is 0.273 e. The van der Waals surface area contributed by atoms with Gasteiger partial charge in [0.1, 0.15) is 5.76 Å². The molecule has 0 radical (unpaired) electrons. The van der Waals surface area contributed by atoms with Crippen molar-refractivity contribution >= 4 is 5.91 Å². The Labute approximate surface area is 154 Å². The maximum absolute atomic E-state index is 12.4. The summed E-state index contributed by atoms with van der Waals surface area (Å²) in [5.41, 5.74) is 2.51. The lowest BCUT2D eigenvalue weighted by molar-refractivity contribution is 0.0374. The Morgan fingerprint density at radius 1 is 1.23 bits per heavy atom. The number of benzene rings is 1. The van der Waals surface area contributed by atoms with Crippen molar-refractivity contribution in [2.75, 3.05) is 39.4 Å². The van der Waals surface area contributed by atoms with Crippen molar-refractivity contribution in [2.24, 2.45) is 0 Å². The van der Waals surface area contributed by atoms with E-state index in [0.717, 1.165) is 51.3 Å². The molecular weight excluding hydrogens is 330 g/mol. The van der Waals surface area contributed by atoms with E-state index in [0.29, 0.717) is 23.9 Å². The van der Waals surface area contributed by atoms with Crippen LogP contribution in [0.2, 0.25) is 0 Å². The van der Waals surface area contributed by atoms with Crippen molar-refractivity contribution in [3.8, 4) is 11.5 Å². The zero-order valence-corrected chi connectivity index (χ0v) is 15.6. The predicted molar refractivity (Wildman–Crippen MR) is 100 cm³/mol. The molecule has 1 aromatic carbocycles. The molecule has 0 aliphatic carbocycles. The lowest BCUT2D eigenvalue weighted by atomic mass is 10.1. The first-order valence-electron chi connectivity index (χ1n) is 9.32. The van der Waals surface area contributed by atoms with Gasteiger partial charge in [0.15, 0.2) is 5.69 Å². The molecule has 1 amide bonds. The van der Waals surface area contributed by atoms with Crippen molar-refractivity contribution in [1.82, 2.24) is 15.2 Å². The molecule has 26 heavy (non-hydrogen) atoms. The summed E-state index contributed by atoms with van der Waals surface area (Å²) in [6.45, 7) is 9.02. The van der Waals surface area contributed by atoms with E-state index in [4.69, 9.17) is 9.15 Å². The van der Waals surface area contributed by atoms with Gasteiger partial charge in [-0.25, -0.2) is 4.98 Å². The Kier molecular flexibility index (Phi) is 6.41. The topological polar surface area (TPSA) is 67.6 Å². The maximum Gasteiger partial charge on any atom is 0.273 e. The van der Waals surface area contributed by atoms with E-state index in [1.54, 1.807) is 6.92 Å². The number of aryl methyl sites for hydroxylation is 2. The van der Waals surface area contributed by atoms with Crippen LogP contribution in [0.25, 0.3) is 11.5 Å². The lowest BCUT2D eigenvalue weighted by Crippen LogP contribution is -2.38. The van der Waals surface area contributed by atoms with Crippen LogP contribution in [0.1, 0.15) is 35.2 Å². The molecule has 1 fully saturated rings. The second-order valence-electron chi connectivity index (χ2n) is 6.54. The van der Waals surface area contributed by atoms with E-state index in [9.17, 15) is 4.79 Å². The van der Waals surface area contributed by atoms with Gasteiger partial charge in [-0.05, 0) is 44.0 Å². The average Bonchev–Trinajstić information content (AvgIpc) is 3.08. The molecule has 140 valence electrons. The fraction of sp³-hybridized carbons (Fsp3) is 0.500. The Morgan fingerprint density at radius 3 is 2.65 bits per heavy atom. The minimum atomic E-state index is -0.176. The molecule has 3 rings (SSSR count). The standard InChI is InChI=1S/C20H27N3O3/c1-3-16-5-7-17(8-6-16)20-22-18(15(2)26-20)19(24)21-9-4-10-23-11-13-25-14-12-23/h5-8H,3-4,9-14H2,1-2H3,(H,21,24). The number of hydrogen-bond donors (Lipinski definition) is 1. The van der Waals surface area contributed by atoms with E-state index in [2.05, 4.69) is 34.3 Å². The van der Waals surface area contributed by atoms with Crippen LogP contribution in [0.5, 0.6) is 0 Å². The molecule has 0 unspecified atom stereocenters. The number of rotatable bonds is 7. The fourth-order valence-electron chi connectivity index (χ4n) is 3.03. The van der Waals surface area contributed by atoms with E-state index < -0.39 is 0 Å². The van der Waals surface area contributed by atoms with Gasteiger partial charge in [0.05, 0.1) is 13.2 Å². The average molecular weight is 357 g/mol. The van der Waals surface area contributed by atoms with Crippen molar-refractivity contribution in [1.29, 1.82) is 0 Å². The van der Waals surface area contributed by atoms with Gasteiger partial charge in [0.2, 0.25) is 5.89 Å². The molecule has 1 N–H and O–H groups in total. The van der Waals surface area contributed by atoms with Gasteiger partial charge in [-0.2, -0.15) is 0 Å². The Hall–Kier alpha value is -2.18. The SMILES string of the molecule is CCc1ccc(-c2nc(C(=O)NCCCN3CCOCC3)c(C)o2)cc1. The van der Waals surface area contributed by atoms with Crippen molar-refractivity contribution in [3.63, 3.8) is 0 Å². The first kappa shape index (κ1) is 18.6. The number of morpholine rings is 1. The number of amides is 1. The number of oxazole rings is 1. The Balaban J connectivity index is 1.53. The summed E-state index contributed by atoms with van der Waals surface area (Å²) in [6.07, 6.45) is 1.90. The Bertz CT molecular complexity index is 718. The molecular formula is C20H27N3O3. The summed E-state index contributed by atoms with van der Waals surface area (Å²) in [4.78, 5) is 19.1. The zero-order valence-electron chi connectivity index (χ0n) is 15.6. The highest BCUT2D eigenvalue weighted by Crippen LogP contribution is 2.22. The fourth-order valence-corrected chi connectivity index (χ4v) is 3.03. The molecule has 6 heteroatoms. The summed E-state index contributed by atoms with van der Waals surface area (Å²) >= 11 is 0. The third-order valence-electron chi connectivity index (χ3n) is 4.66. The van der Waals surface area contributed by atoms with Crippen LogP contribution >= 0.6 is 0 Å². The molecule has 1 aliphatic rings. The first-order chi connectivity index (χ1) is 12.7. The largest absolute Gasteiger partial charge is 0.441 e. The van der Waals surface area contributed by atoms with Crippen LogP contribution < -0.4 is 5.32 Å². The summed E-state index contributed by atoms with van der Waals surface area (Å²) in [5.74, 6) is 0.860. The minimum Gasteiger partial charge on any atom is -0.441 e. The van der Waals surface area contributed by atoms with Crippen LogP contribution in [0.4, 0.5) is 0 Å². The molecule has 1 saturated heterocycles. The van der Waals surface area contributed by atoms with E-state index in [-0.39, 0.29) is 5.91 Å². The van der Waals surface area contributed by atoms with E-state index in [1.807, 2.05) is 12.1 Å². The van der Waals surface area contributed by atoms with Gasteiger partial charge < -0.3 is 14.5 Å². The molecule has 0 atom stereocenters. The van der Waals surface area contributed by atoms with Gasteiger partial charge in [-0.1, -0.05) is 19.1 Å². The summed E-state index contributed by atoms with van der Waals surface area (Å²) in [7, 11) is 0. The number of aromatic nitrogens is 1. The first-order valence-corrected chi connectivity index (χ1v) is 9.32. The number of nitrogens with zero attached hydrogens (tertiary/aromatic N) is 2. The molecule has 1 aromatic heterocycles. The van der Waals surface area contributed by atoms with Crippen molar-refractivity contribution < 1.29 is 13.9 Å². The quantitative estimate of drug-likeness (QED) is 0.772. The maximum atomic E-state index is 12.4. The summed E-state index contributed by atoms with van der Waals surface area (Å²) in [5, 5.41) is 2.94. The molecule has 0 bridgehead atoms. The molecule has 0 spiro atoms. The van der Waals surface area contributed by atoms with Crippen LogP contribution in [-0.4, -0.2) is 55.2 Å². The van der Waals surface area contributed by atoms with Crippen molar-refractivity contribution in [2.45, 2.75) is 26.7 Å². The zero-order chi connectivity index (χ0) is 18.4. The molecule has 2 heterocycles. The van der Waals surface area contributed by atoms with Gasteiger partial charge in [-0.3, -0.25) is 9.69 Å². The van der Waals surface area contributed by atoms with Crippen LogP contribution in [0.15, 0.2) is 28.7 Å². The Morgan fingerprint density at radius 2 is 1.96 bits per heavy atom. The predicted octanol–water partition coefficient (Wildman–Crippen LogP) is 2.66. The molecule has 0 saturated carbocycles. The summed E-state index contributed by atoms with van der Waals surface area (Å²) in [6, 6.07) is 8.07. The monoisotopic (exact) mass is 357 g/mol. The number of ether oxygens (including phenoxy) is 1. The van der Waals surface area contributed by atoms with Crippen LogP contribution in [-0.2, 0) is 11.2 Å². The normalized spacial score (nSPS) is 15.2. The highest BCUT2D eigenvalue weighted by Gasteiger charge is 2.18. The third kappa shape index (κ3) is 4.71. The second kappa shape index (κ2) is 8.96. The number of carbonyl (C=O) groups is 1. The molecule has 2 aromatic rings. The van der Waals surface area contributed by atoms with E-state index >= 15 is 0 Å². The second-order valence-corrected chi connectivity index (χ2v) is 6.54. The van der Waals surface area contributed by atoms with Gasteiger partial charge in [0.25, 0.3) is 5.91 Å². The molecule has 1 aliphatic heterocycles. The third-order valence-corrected chi connectivity index (χ3v) is 4.66. The number of nitrogens with one attached hydrogen (secondary N) is 1. The molecule has 6 nitrogen and oxygen atoms in total. The lowest BCUT2D eigenvalue weighted by Gasteiger charge is -2.26. The number of hydrogen-bond acceptors (Lipinski definition) is 5. The highest BCUT2D eigenvalue weighted by atomic mass is 16.5. The highest BCUT2D eigenvalue weighted by molar-refractivity contribution is 5.93. The summed E-state index contributed by atoms with van der Waals surface area (Å²) < 4.78 is 11.0. The van der Waals surface area contributed by atoms with E-state index in [1.165, 1.54) is 5.56 Å². The van der Waals surface area contributed by atoms with Gasteiger partial charge in [-0.15, -0.1) is 0 Å².